The molecule has 170 valence electrons. The highest BCUT2D eigenvalue weighted by Crippen LogP contribution is 2.21. The molecule has 0 saturated heterocycles. The van der Waals surface area contributed by atoms with Crippen molar-refractivity contribution in [2.75, 3.05) is 18.0 Å². The predicted molar refractivity (Wildman–Crippen MR) is 138 cm³/mol. The number of benzene rings is 1. The van der Waals surface area contributed by atoms with Gasteiger partial charge in [0.2, 0.25) is 0 Å². The molecule has 5 heteroatoms. The van der Waals surface area contributed by atoms with Crippen LogP contribution in [-0.4, -0.2) is 32.7 Å². The molecule has 0 unspecified atom stereocenters. The summed E-state index contributed by atoms with van der Waals surface area (Å²) in [7, 11) is 0. The van der Waals surface area contributed by atoms with Crippen LogP contribution in [0, 0.1) is 20.8 Å². The van der Waals surface area contributed by atoms with Gasteiger partial charge in [0, 0.05) is 30.2 Å². The van der Waals surface area contributed by atoms with E-state index in [2.05, 4.69) is 74.0 Å². The van der Waals surface area contributed by atoms with E-state index in [0.29, 0.717) is 0 Å². The van der Waals surface area contributed by atoms with E-state index in [1.807, 2.05) is 29.6 Å². The molecule has 3 aromatic heterocycles. The minimum absolute atomic E-state index is 0.854. The van der Waals surface area contributed by atoms with Crippen LogP contribution in [0.25, 0.3) is 29.2 Å². The van der Waals surface area contributed by atoms with Gasteiger partial charge in [0.25, 0.3) is 0 Å². The van der Waals surface area contributed by atoms with E-state index in [1.54, 1.807) is 6.20 Å². The van der Waals surface area contributed by atoms with Crippen molar-refractivity contribution in [2.45, 2.75) is 47.5 Å². The van der Waals surface area contributed by atoms with Crippen LogP contribution in [0.15, 0.2) is 48.7 Å². The fourth-order valence-corrected chi connectivity index (χ4v) is 4.20. The number of aryl methyl sites for hydroxylation is 3. The zero-order valence-electron chi connectivity index (χ0n) is 20.3. The summed E-state index contributed by atoms with van der Waals surface area (Å²) in [5, 5.41) is 5.83. The molecule has 5 nitrogen and oxygen atoms in total. The Bertz CT molecular complexity index is 1310. The lowest BCUT2D eigenvalue weighted by Gasteiger charge is -2.24. The van der Waals surface area contributed by atoms with Crippen LogP contribution >= 0.6 is 0 Å². The number of rotatable bonds is 8. The van der Waals surface area contributed by atoms with Crippen LogP contribution in [0.2, 0.25) is 0 Å². The van der Waals surface area contributed by atoms with Gasteiger partial charge in [-0.15, -0.1) is 0 Å². The molecule has 0 saturated carbocycles. The van der Waals surface area contributed by atoms with Gasteiger partial charge in [0.1, 0.15) is 5.69 Å². The average molecular weight is 440 g/mol. The van der Waals surface area contributed by atoms with Gasteiger partial charge in [-0.2, -0.15) is 5.10 Å². The quantitative estimate of drug-likeness (QED) is 0.361. The summed E-state index contributed by atoms with van der Waals surface area (Å²) in [5.41, 5.74) is 8.43. The molecule has 0 atom stereocenters. The van der Waals surface area contributed by atoms with Crippen molar-refractivity contribution >= 4 is 23.5 Å². The van der Waals surface area contributed by atoms with E-state index < -0.39 is 0 Å². The van der Waals surface area contributed by atoms with E-state index in [4.69, 9.17) is 10.1 Å². The molecule has 33 heavy (non-hydrogen) atoms. The van der Waals surface area contributed by atoms with Crippen molar-refractivity contribution in [1.29, 1.82) is 0 Å². The fraction of sp³-hybridized carbons (Fsp3) is 0.321. The van der Waals surface area contributed by atoms with Gasteiger partial charge in [-0.05, 0) is 75.1 Å². The minimum atomic E-state index is 0.854. The predicted octanol–water partition coefficient (Wildman–Crippen LogP) is 5.56. The Morgan fingerprint density at radius 3 is 2.45 bits per heavy atom. The number of nitrogens with zero attached hydrogens (tertiary/aromatic N) is 5. The first-order valence-corrected chi connectivity index (χ1v) is 11.8. The van der Waals surface area contributed by atoms with Crippen LogP contribution in [0.3, 0.4) is 0 Å². The highest BCUT2D eigenvalue weighted by molar-refractivity contribution is 5.70. The molecule has 0 fully saturated rings. The standard InChI is InChI=1S/C28H33N5/c1-6-17-32(18-7-2)24-15-14-23(20(3)19-24)11-10-12-25-27(26-13-8-9-16-29-26)31-33-22(5)21(4)30-28(25)33/h8-16,19H,6-7,17-18H2,1-5H3. The first kappa shape index (κ1) is 22.7. The molecule has 0 bridgehead atoms. The van der Waals surface area contributed by atoms with Crippen molar-refractivity contribution in [3.8, 4) is 11.4 Å². The first-order valence-electron chi connectivity index (χ1n) is 11.8. The number of pyridine rings is 1. The van der Waals surface area contributed by atoms with Crippen LogP contribution < -0.4 is 10.1 Å². The van der Waals surface area contributed by atoms with E-state index in [9.17, 15) is 0 Å². The molecule has 4 rings (SSSR count). The van der Waals surface area contributed by atoms with E-state index in [-0.39, 0.29) is 0 Å². The van der Waals surface area contributed by atoms with Crippen molar-refractivity contribution in [2.24, 2.45) is 0 Å². The summed E-state index contributed by atoms with van der Waals surface area (Å²) >= 11 is 0. The third kappa shape index (κ3) is 4.68. The second-order valence-corrected chi connectivity index (χ2v) is 8.55. The van der Waals surface area contributed by atoms with Crippen LogP contribution in [0.4, 0.5) is 5.69 Å². The number of allylic oxidation sites excluding steroid dienone is 1. The molecular formula is C28H33N5. The van der Waals surface area contributed by atoms with Gasteiger partial charge in [-0.1, -0.05) is 38.1 Å². The molecule has 0 N–H and O–H groups in total. The molecular weight excluding hydrogens is 406 g/mol. The summed E-state index contributed by atoms with van der Waals surface area (Å²) < 4.78 is 1.93. The van der Waals surface area contributed by atoms with Crippen LogP contribution in [0.5, 0.6) is 0 Å². The number of fused-ring (bicyclic) bond motifs is 1. The van der Waals surface area contributed by atoms with Gasteiger partial charge >= 0.3 is 0 Å². The maximum Gasteiger partial charge on any atom is 0.163 e. The molecule has 0 aliphatic carbocycles. The Morgan fingerprint density at radius 2 is 1.79 bits per heavy atom. The molecule has 0 aliphatic heterocycles. The van der Waals surface area contributed by atoms with Gasteiger partial charge in [-0.25, -0.2) is 9.50 Å². The number of imidazole rings is 1. The Balaban J connectivity index is 1.71. The normalized spacial score (nSPS) is 12.3. The maximum atomic E-state index is 4.83. The molecule has 0 amide bonds. The monoisotopic (exact) mass is 439 g/mol. The SMILES string of the molecule is CCCN(CCC)c1ccc(C=CC=c2c(-c3ccccn3)nn3c(C)c(C)nc23)c(C)c1. The highest BCUT2D eigenvalue weighted by atomic mass is 15.3. The number of aromatic nitrogens is 4. The van der Waals surface area contributed by atoms with Crippen molar-refractivity contribution in [3.05, 3.63) is 76.4 Å². The second-order valence-electron chi connectivity index (χ2n) is 8.55. The zero-order chi connectivity index (χ0) is 23.4. The summed E-state index contributed by atoms with van der Waals surface area (Å²) in [6.07, 6.45) is 10.5. The summed E-state index contributed by atoms with van der Waals surface area (Å²) in [5.74, 6) is 0. The molecule has 4 aromatic rings. The van der Waals surface area contributed by atoms with E-state index in [1.165, 1.54) is 16.8 Å². The lowest BCUT2D eigenvalue weighted by atomic mass is 10.1. The Labute approximate surface area is 196 Å². The third-order valence-corrected chi connectivity index (χ3v) is 6.06. The smallest absolute Gasteiger partial charge is 0.163 e. The summed E-state index contributed by atoms with van der Waals surface area (Å²) in [4.78, 5) is 11.8. The molecule has 0 aliphatic rings. The Morgan fingerprint density at radius 1 is 1.00 bits per heavy atom. The first-order chi connectivity index (χ1) is 16.0. The zero-order valence-corrected chi connectivity index (χ0v) is 20.3. The van der Waals surface area contributed by atoms with Gasteiger partial charge < -0.3 is 4.90 Å². The number of hydrogen-bond acceptors (Lipinski definition) is 4. The largest absolute Gasteiger partial charge is 0.372 e. The minimum Gasteiger partial charge on any atom is -0.372 e. The van der Waals surface area contributed by atoms with Gasteiger partial charge in [-0.3, -0.25) is 4.98 Å². The highest BCUT2D eigenvalue weighted by Gasteiger charge is 2.15. The van der Waals surface area contributed by atoms with Crippen molar-refractivity contribution in [3.63, 3.8) is 0 Å². The van der Waals surface area contributed by atoms with Gasteiger partial charge in [0.05, 0.1) is 17.1 Å². The fourth-order valence-electron chi connectivity index (χ4n) is 4.20. The summed E-state index contributed by atoms with van der Waals surface area (Å²) in [6, 6.07) is 12.7. The van der Waals surface area contributed by atoms with Crippen LogP contribution in [-0.2, 0) is 0 Å². The molecule has 1 aromatic carbocycles. The summed E-state index contributed by atoms with van der Waals surface area (Å²) in [6.45, 7) is 12.9. The average Bonchev–Trinajstić information content (AvgIpc) is 3.31. The molecule has 0 spiro atoms. The Kier molecular flexibility index (Phi) is 6.87. The molecule has 3 heterocycles. The van der Waals surface area contributed by atoms with E-state index >= 15 is 0 Å². The lowest BCUT2D eigenvalue weighted by Crippen LogP contribution is -2.24. The number of hydrogen-bond donors (Lipinski definition) is 0. The number of anilines is 1. The van der Waals surface area contributed by atoms with Crippen LogP contribution in [0.1, 0.15) is 49.2 Å². The third-order valence-electron chi connectivity index (χ3n) is 6.06. The Hall–Kier alpha value is -3.47. The van der Waals surface area contributed by atoms with Gasteiger partial charge in [0.15, 0.2) is 5.65 Å². The lowest BCUT2D eigenvalue weighted by molar-refractivity contribution is 0.744. The molecule has 0 radical (unpaired) electrons. The van der Waals surface area contributed by atoms with Crippen molar-refractivity contribution < 1.29 is 0 Å². The van der Waals surface area contributed by atoms with E-state index in [0.717, 1.165) is 59.6 Å². The second kappa shape index (κ2) is 9.99. The topological polar surface area (TPSA) is 46.3 Å². The van der Waals surface area contributed by atoms with Crippen molar-refractivity contribution in [1.82, 2.24) is 19.6 Å². The maximum absolute atomic E-state index is 4.83.